The summed E-state index contributed by atoms with van der Waals surface area (Å²) in [6.45, 7) is 0.547. The molecule has 1 saturated heterocycles. The first-order valence-corrected chi connectivity index (χ1v) is 7.63. The molecule has 132 valence electrons. The van der Waals surface area contributed by atoms with Gasteiger partial charge in [0, 0.05) is 6.61 Å². The number of benzene rings is 1. The number of carbonyl (C=O) groups excluding carboxylic acids is 1. The van der Waals surface area contributed by atoms with Gasteiger partial charge in [-0.2, -0.15) is 13.2 Å². The Hall–Kier alpha value is -2.68. The first-order valence-electron chi connectivity index (χ1n) is 7.63. The zero-order valence-corrected chi connectivity index (χ0v) is 13.0. The number of rotatable bonds is 4. The fraction of sp³-hybridized carbons (Fsp3) is 0.312. The van der Waals surface area contributed by atoms with E-state index < -0.39 is 17.8 Å². The molecule has 1 fully saturated rings. The number of ether oxygens (including phenoxy) is 1. The lowest BCUT2D eigenvalue weighted by Gasteiger charge is -2.14. The van der Waals surface area contributed by atoms with Gasteiger partial charge in [0.15, 0.2) is 11.6 Å². The first-order chi connectivity index (χ1) is 11.9. The van der Waals surface area contributed by atoms with E-state index in [1.54, 1.807) is 0 Å². The molecule has 1 aromatic carbocycles. The number of hydrogen-bond donors (Lipinski definition) is 2. The molecule has 1 amide bonds. The molecule has 0 bridgehead atoms. The molecule has 1 aromatic heterocycles. The summed E-state index contributed by atoms with van der Waals surface area (Å²) in [5.41, 5.74) is -0.923. The van der Waals surface area contributed by atoms with Crippen molar-refractivity contribution in [3.8, 4) is 0 Å². The van der Waals surface area contributed by atoms with E-state index in [0.717, 1.165) is 12.5 Å². The van der Waals surface area contributed by atoms with Gasteiger partial charge in [0.25, 0.3) is 5.91 Å². The molecule has 3 rings (SSSR count). The minimum Gasteiger partial charge on any atom is -0.368 e. The Labute approximate surface area is 141 Å². The van der Waals surface area contributed by atoms with Crippen LogP contribution in [0.1, 0.15) is 18.4 Å². The minimum atomic E-state index is -4.48. The van der Waals surface area contributed by atoms with Crippen molar-refractivity contribution in [1.82, 2.24) is 10.2 Å². The van der Waals surface area contributed by atoms with Crippen molar-refractivity contribution >= 4 is 23.2 Å². The maximum absolute atomic E-state index is 13.0. The summed E-state index contributed by atoms with van der Waals surface area (Å²) in [6, 6.07) is 7.97. The monoisotopic (exact) mass is 352 g/mol. The predicted molar refractivity (Wildman–Crippen MR) is 84.4 cm³/mol. The Morgan fingerprint density at radius 2 is 1.84 bits per heavy atom. The van der Waals surface area contributed by atoms with Crippen molar-refractivity contribution < 1.29 is 22.7 Å². The number of nitrogens with one attached hydrogen (secondary N) is 2. The quantitative estimate of drug-likeness (QED) is 0.882. The Morgan fingerprint density at radius 3 is 2.48 bits per heavy atom. The molecule has 9 heteroatoms. The normalized spacial score (nSPS) is 17.3. The van der Waals surface area contributed by atoms with E-state index in [1.165, 1.54) is 30.3 Å². The zero-order chi connectivity index (χ0) is 17.9. The SMILES string of the molecule is O=C(Nc1ccc(Nc2ccccc2C(F)(F)F)nn1)C1CCCO1. The van der Waals surface area contributed by atoms with E-state index >= 15 is 0 Å². The van der Waals surface area contributed by atoms with Crippen molar-refractivity contribution in [3.05, 3.63) is 42.0 Å². The number of para-hydroxylation sites is 1. The highest BCUT2D eigenvalue weighted by atomic mass is 19.4. The van der Waals surface area contributed by atoms with Crippen molar-refractivity contribution in [2.24, 2.45) is 0 Å². The van der Waals surface area contributed by atoms with Gasteiger partial charge >= 0.3 is 6.18 Å². The summed E-state index contributed by atoms with van der Waals surface area (Å²) in [5, 5.41) is 12.7. The summed E-state index contributed by atoms with van der Waals surface area (Å²) in [4.78, 5) is 11.9. The number of aromatic nitrogens is 2. The fourth-order valence-electron chi connectivity index (χ4n) is 2.43. The molecule has 1 atom stereocenters. The van der Waals surface area contributed by atoms with Gasteiger partial charge < -0.3 is 15.4 Å². The summed E-state index contributed by atoms with van der Waals surface area (Å²) in [6.07, 6.45) is -3.51. The van der Waals surface area contributed by atoms with E-state index in [2.05, 4.69) is 20.8 Å². The van der Waals surface area contributed by atoms with Crippen LogP contribution in [0, 0.1) is 0 Å². The Kier molecular flexibility index (Phi) is 4.84. The molecule has 2 aromatic rings. The number of amides is 1. The molecule has 0 saturated carbocycles. The average molecular weight is 352 g/mol. The predicted octanol–water partition coefficient (Wildman–Crippen LogP) is 3.36. The van der Waals surface area contributed by atoms with Crippen LogP contribution in [0.2, 0.25) is 0 Å². The van der Waals surface area contributed by atoms with Crippen LogP contribution in [-0.2, 0) is 15.7 Å². The third kappa shape index (κ3) is 4.24. The molecule has 2 N–H and O–H groups in total. The third-order valence-corrected chi connectivity index (χ3v) is 3.63. The minimum absolute atomic E-state index is 0.125. The lowest BCUT2D eigenvalue weighted by molar-refractivity contribution is -0.137. The molecular weight excluding hydrogens is 337 g/mol. The summed E-state index contributed by atoms with van der Waals surface area (Å²) in [7, 11) is 0. The van der Waals surface area contributed by atoms with Crippen molar-refractivity contribution in [1.29, 1.82) is 0 Å². The highest BCUT2D eigenvalue weighted by Gasteiger charge is 2.33. The Balaban J connectivity index is 1.68. The van der Waals surface area contributed by atoms with Crippen LogP contribution in [0.4, 0.5) is 30.5 Å². The zero-order valence-electron chi connectivity index (χ0n) is 13.0. The van der Waals surface area contributed by atoms with E-state index in [9.17, 15) is 18.0 Å². The molecule has 1 unspecified atom stereocenters. The first kappa shape index (κ1) is 17.2. The van der Waals surface area contributed by atoms with Gasteiger partial charge in [0.2, 0.25) is 0 Å². The van der Waals surface area contributed by atoms with E-state index in [-0.39, 0.29) is 23.2 Å². The molecule has 6 nitrogen and oxygen atoms in total. The summed E-state index contributed by atoms with van der Waals surface area (Å²) >= 11 is 0. The lowest BCUT2D eigenvalue weighted by Crippen LogP contribution is -2.27. The van der Waals surface area contributed by atoms with Crippen molar-refractivity contribution in [2.75, 3.05) is 17.2 Å². The van der Waals surface area contributed by atoms with Crippen LogP contribution in [0.3, 0.4) is 0 Å². The van der Waals surface area contributed by atoms with Gasteiger partial charge in [0.05, 0.1) is 11.3 Å². The molecule has 2 heterocycles. The number of anilines is 3. The Bertz CT molecular complexity index is 744. The van der Waals surface area contributed by atoms with Crippen LogP contribution >= 0.6 is 0 Å². The van der Waals surface area contributed by atoms with Gasteiger partial charge in [-0.1, -0.05) is 12.1 Å². The number of nitrogens with zero attached hydrogens (tertiary/aromatic N) is 2. The maximum Gasteiger partial charge on any atom is 0.418 e. The summed E-state index contributed by atoms with van der Waals surface area (Å²) < 4.78 is 44.2. The topological polar surface area (TPSA) is 76.1 Å². The van der Waals surface area contributed by atoms with Gasteiger partial charge in [-0.15, -0.1) is 10.2 Å². The van der Waals surface area contributed by atoms with Crippen LogP contribution in [-0.4, -0.2) is 28.8 Å². The lowest BCUT2D eigenvalue weighted by atomic mass is 10.1. The van der Waals surface area contributed by atoms with E-state index in [1.807, 2.05) is 0 Å². The number of alkyl halides is 3. The second-order valence-electron chi connectivity index (χ2n) is 5.46. The highest BCUT2D eigenvalue weighted by molar-refractivity contribution is 5.93. The largest absolute Gasteiger partial charge is 0.418 e. The molecular formula is C16H15F3N4O2. The number of hydrogen-bond acceptors (Lipinski definition) is 5. The molecule has 25 heavy (non-hydrogen) atoms. The second-order valence-corrected chi connectivity index (χ2v) is 5.46. The molecule has 1 aliphatic rings. The molecule has 0 aliphatic carbocycles. The van der Waals surface area contributed by atoms with Crippen molar-refractivity contribution in [2.45, 2.75) is 25.1 Å². The molecule has 0 radical (unpaired) electrons. The van der Waals surface area contributed by atoms with Crippen LogP contribution < -0.4 is 10.6 Å². The van der Waals surface area contributed by atoms with Gasteiger partial charge in [0.1, 0.15) is 6.10 Å². The van der Waals surface area contributed by atoms with E-state index in [4.69, 9.17) is 4.74 Å². The van der Waals surface area contributed by atoms with Crippen LogP contribution in [0.15, 0.2) is 36.4 Å². The van der Waals surface area contributed by atoms with Gasteiger partial charge in [-0.25, -0.2) is 0 Å². The highest BCUT2D eigenvalue weighted by Crippen LogP contribution is 2.35. The van der Waals surface area contributed by atoms with Crippen LogP contribution in [0.5, 0.6) is 0 Å². The number of carbonyl (C=O) groups is 1. The average Bonchev–Trinajstić information content (AvgIpc) is 3.11. The third-order valence-electron chi connectivity index (χ3n) is 3.63. The van der Waals surface area contributed by atoms with E-state index in [0.29, 0.717) is 13.0 Å². The second kappa shape index (κ2) is 7.06. The molecule has 0 spiro atoms. The maximum atomic E-state index is 13.0. The molecule has 1 aliphatic heterocycles. The van der Waals surface area contributed by atoms with Gasteiger partial charge in [-0.05, 0) is 37.1 Å². The van der Waals surface area contributed by atoms with Crippen LogP contribution in [0.25, 0.3) is 0 Å². The van der Waals surface area contributed by atoms with Gasteiger partial charge in [-0.3, -0.25) is 4.79 Å². The summed E-state index contributed by atoms with van der Waals surface area (Å²) in [5.74, 6) is 0.0249. The smallest absolute Gasteiger partial charge is 0.368 e. The standard InChI is InChI=1S/C16H15F3N4O2/c17-16(18,19)10-4-1-2-5-11(10)20-13-7-8-14(23-22-13)21-15(24)12-6-3-9-25-12/h1-2,4-5,7-8,12H,3,6,9H2,(H,20,22)(H,21,23,24). The number of halogens is 3. The Morgan fingerprint density at radius 1 is 1.12 bits per heavy atom. The fourth-order valence-corrected chi connectivity index (χ4v) is 2.43. The van der Waals surface area contributed by atoms with Crippen molar-refractivity contribution in [3.63, 3.8) is 0 Å².